The number of hydrogen-bond donors (Lipinski definition) is 2. The number of ketones is 1. The van der Waals surface area contributed by atoms with Crippen LogP contribution in [-0.2, 0) is 14.6 Å². The Kier molecular flexibility index (Phi) is 2.93. The molecule has 112 valence electrons. The van der Waals surface area contributed by atoms with E-state index in [1.54, 1.807) is 6.92 Å². The number of carbonyl (C=O) groups excluding carboxylic acids is 1. The van der Waals surface area contributed by atoms with Gasteiger partial charge in [-0.25, -0.2) is 9.78 Å². The molecule has 0 aromatic carbocycles. The monoisotopic (exact) mass is 282 g/mol. The third-order valence-corrected chi connectivity index (χ3v) is 5.22. The molecule has 2 heterocycles. The topological polar surface area (TPSA) is 76.0 Å². The molecule has 1 saturated heterocycles. The Morgan fingerprint density at radius 2 is 1.95 bits per heavy atom. The molecule has 0 radical (unpaired) electrons. The van der Waals surface area contributed by atoms with Crippen molar-refractivity contribution in [2.45, 2.75) is 63.9 Å². The highest BCUT2D eigenvalue weighted by Crippen LogP contribution is 2.53. The largest absolute Gasteiger partial charge is 0.390 e. The SMILES string of the molecule is CC(C)[C@]12OO[C@](C)(C[C@@H]1O)C1=C([C@H](C)CC1=O)[C@H]2O. The number of aliphatic hydroxyl groups excluding tert-OH is 2. The van der Waals surface area contributed by atoms with E-state index in [0.29, 0.717) is 17.6 Å². The smallest absolute Gasteiger partial charge is 0.162 e. The molecule has 2 aliphatic carbocycles. The zero-order valence-electron chi connectivity index (χ0n) is 12.3. The van der Waals surface area contributed by atoms with Crippen molar-refractivity contribution in [3.63, 3.8) is 0 Å². The van der Waals surface area contributed by atoms with Gasteiger partial charge in [0, 0.05) is 18.4 Å². The molecule has 0 saturated carbocycles. The van der Waals surface area contributed by atoms with Crippen molar-refractivity contribution in [2.75, 3.05) is 0 Å². The van der Waals surface area contributed by atoms with Gasteiger partial charge in [0.25, 0.3) is 0 Å². The van der Waals surface area contributed by atoms with Gasteiger partial charge in [-0.1, -0.05) is 20.8 Å². The Hall–Kier alpha value is -0.750. The van der Waals surface area contributed by atoms with E-state index in [4.69, 9.17) is 9.78 Å². The van der Waals surface area contributed by atoms with Crippen LogP contribution in [-0.4, -0.2) is 39.4 Å². The molecule has 5 atom stereocenters. The predicted octanol–water partition coefficient (Wildman–Crippen LogP) is 1.13. The van der Waals surface area contributed by atoms with Crippen LogP contribution < -0.4 is 0 Å². The van der Waals surface area contributed by atoms with Gasteiger partial charge in [0.05, 0.1) is 6.10 Å². The van der Waals surface area contributed by atoms with Gasteiger partial charge in [-0.2, -0.15) is 0 Å². The lowest BCUT2D eigenvalue weighted by molar-refractivity contribution is -0.461. The fourth-order valence-corrected chi connectivity index (χ4v) is 4.10. The standard InChI is InChI=1S/C15H22O5/c1-7(2)15-10(17)6-14(4,19-20-15)12-9(16)5-8(3)11(12)13(15)18/h7-8,10,13,17-18H,5-6H2,1-4H3/t8-,10+,13-,14-,15+/m1/s1. The highest BCUT2D eigenvalue weighted by atomic mass is 17.2. The van der Waals surface area contributed by atoms with Gasteiger partial charge in [-0.05, 0) is 24.3 Å². The molecule has 0 spiro atoms. The van der Waals surface area contributed by atoms with Crippen LogP contribution in [0.1, 0.15) is 40.5 Å². The molecular formula is C15H22O5. The van der Waals surface area contributed by atoms with E-state index in [9.17, 15) is 15.0 Å². The molecular weight excluding hydrogens is 260 g/mol. The van der Waals surface area contributed by atoms with E-state index in [1.807, 2.05) is 20.8 Å². The Balaban J connectivity index is 2.23. The highest BCUT2D eigenvalue weighted by molar-refractivity contribution is 6.01. The van der Waals surface area contributed by atoms with E-state index < -0.39 is 23.4 Å². The fourth-order valence-electron chi connectivity index (χ4n) is 4.10. The van der Waals surface area contributed by atoms with E-state index in [2.05, 4.69) is 0 Å². The number of aliphatic hydroxyl groups is 2. The maximum atomic E-state index is 12.3. The van der Waals surface area contributed by atoms with Gasteiger partial charge in [0.15, 0.2) is 11.4 Å². The summed E-state index contributed by atoms with van der Waals surface area (Å²) in [5.74, 6) is -0.196. The van der Waals surface area contributed by atoms with E-state index >= 15 is 0 Å². The van der Waals surface area contributed by atoms with E-state index in [0.717, 1.165) is 0 Å². The van der Waals surface area contributed by atoms with Crippen molar-refractivity contribution in [1.29, 1.82) is 0 Å². The summed E-state index contributed by atoms with van der Waals surface area (Å²) in [5, 5.41) is 21.4. The molecule has 4 rings (SSSR count). The normalized spacial score (nSPS) is 48.0. The molecule has 0 aromatic rings. The maximum absolute atomic E-state index is 12.3. The first-order chi connectivity index (χ1) is 9.24. The van der Waals surface area contributed by atoms with Crippen molar-refractivity contribution in [3.8, 4) is 0 Å². The minimum Gasteiger partial charge on any atom is -0.390 e. The first-order valence-electron chi connectivity index (χ1n) is 7.24. The molecule has 5 nitrogen and oxygen atoms in total. The minimum absolute atomic E-state index is 0.00805. The highest BCUT2D eigenvalue weighted by Gasteiger charge is 2.64. The van der Waals surface area contributed by atoms with Gasteiger partial charge in [-0.15, -0.1) is 0 Å². The molecule has 20 heavy (non-hydrogen) atoms. The molecule has 2 aliphatic heterocycles. The van der Waals surface area contributed by atoms with Crippen molar-refractivity contribution in [2.24, 2.45) is 11.8 Å². The summed E-state index contributed by atoms with van der Waals surface area (Å²) < 4.78 is 0. The van der Waals surface area contributed by atoms with Crippen LogP contribution in [0.3, 0.4) is 0 Å². The van der Waals surface area contributed by atoms with Crippen LogP contribution in [0.5, 0.6) is 0 Å². The lowest BCUT2D eigenvalue weighted by Gasteiger charge is -2.48. The van der Waals surface area contributed by atoms with Crippen LogP contribution >= 0.6 is 0 Å². The Labute approximate surface area is 118 Å². The first kappa shape index (κ1) is 14.2. The van der Waals surface area contributed by atoms with Crippen molar-refractivity contribution in [3.05, 3.63) is 11.1 Å². The van der Waals surface area contributed by atoms with Gasteiger partial charge in [0.2, 0.25) is 0 Å². The van der Waals surface area contributed by atoms with Crippen LogP contribution in [0.4, 0.5) is 0 Å². The Morgan fingerprint density at radius 1 is 1.30 bits per heavy atom. The second-order valence-corrected chi connectivity index (χ2v) is 6.89. The Morgan fingerprint density at radius 3 is 2.50 bits per heavy atom. The zero-order valence-corrected chi connectivity index (χ0v) is 12.3. The van der Waals surface area contributed by atoms with Gasteiger partial charge >= 0.3 is 0 Å². The quantitative estimate of drug-likeness (QED) is 0.705. The molecule has 0 amide bonds. The number of Topliss-reactive ketones (excluding diaryl/α,β-unsaturated/α-hetero) is 1. The molecule has 5 heteroatoms. The summed E-state index contributed by atoms with van der Waals surface area (Å²) in [6.45, 7) is 7.44. The lowest BCUT2D eigenvalue weighted by Crippen LogP contribution is -2.62. The third kappa shape index (κ3) is 1.49. The van der Waals surface area contributed by atoms with Crippen molar-refractivity contribution < 1.29 is 24.8 Å². The second kappa shape index (κ2) is 4.13. The van der Waals surface area contributed by atoms with Crippen molar-refractivity contribution in [1.82, 2.24) is 0 Å². The molecule has 4 aliphatic rings. The summed E-state index contributed by atoms with van der Waals surface area (Å²) >= 11 is 0. The summed E-state index contributed by atoms with van der Waals surface area (Å²) in [5.41, 5.74) is -0.959. The van der Waals surface area contributed by atoms with Crippen molar-refractivity contribution >= 4 is 5.78 Å². The minimum atomic E-state index is -1.20. The number of hydrogen-bond acceptors (Lipinski definition) is 5. The van der Waals surface area contributed by atoms with Crippen LogP contribution in [0.25, 0.3) is 0 Å². The van der Waals surface area contributed by atoms with Crippen LogP contribution in [0.2, 0.25) is 0 Å². The summed E-state index contributed by atoms with van der Waals surface area (Å²) in [6.07, 6.45) is -1.23. The zero-order chi connectivity index (χ0) is 14.9. The predicted molar refractivity (Wildman–Crippen MR) is 70.6 cm³/mol. The summed E-state index contributed by atoms with van der Waals surface area (Å²) in [7, 11) is 0. The average Bonchev–Trinajstić information content (AvgIpc) is 2.54. The molecule has 0 unspecified atom stereocenters. The molecule has 1 fully saturated rings. The lowest BCUT2D eigenvalue weighted by atomic mass is 9.75. The van der Waals surface area contributed by atoms with Crippen LogP contribution in [0, 0.1) is 11.8 Å². The fraction of sp³-hybridized carbons (Fsp3) is 0.800. The summed E-state index contributed by atoms with van der Waals surface area (Å²) in [4.78, 5) is 23.4. The second-order valence-electron chi connectivity index (χ2n) is 6.89. The van der Waals surface area contributed by atoms with Crippen LogP contribution in [0.15, 0.2) is 11.1 Å². The van der Waals surface area contributed by atoms with Gasteiger partial charge in [-0.3, -0.25) is 4.79 Å². The van der Waals surface area contributed by atoms with Gasteiger partial charge in [0.1, 0.15) is 11.7 Å². The molecule has 0 aromatic heterocycles. The third-order valence-electron chi connectivity index (χ3n) is 5.22. The first-order valence-corrected chi connectivity index (χ1v) is 7.24. The number of rotatable bonds is 1. The van der Waals surface area contributed by atoms with E-state index in [-0.39, 0.29) is 24.0 Å². The number of fused-ring (bicyclic) bond motifs is 2. The Bertz CT molecular complexity index is 496. The number of carbonyl (C=O) groups is 1. The molecule has 2 N–H and O–H groups in total. The van der Waals surface area contributed by atoms with Gasteiger partial charge < -0.3 is 10.2 Å². The van der Waals surface area contributed by atoms with E-state index in [1.165, 1.54) is 0 Å². The summed E-state index contributed by atoms with van der Waals surface area (Å²) in [6, 6.07) is 0. The maximum Gasteiger partial charge on any atom is 0.162 e. The average molecular weight is 282 g/mol. The molecule has 2 bridgehead atoms.